The number of hydrogen-bond donors (Lipinski definition) is 2. The number of aryl methyl sites for hydroxylation is 1. The lowest BCUT2D eigenvalue weighted by Crippen LogP contribution is -2.38. The molecule has 10 heteroatoms. The average Bonchev–Trinajstić information content (AvgIpc) is 2.74. The molecule has 0 radical (unpaired) electrons. The zero-order valence-corrected chi connectivity index (χ0v) is 18.4. The fourth-order valence-electron chi connectivity index (χ4n) is 3.10. The highest BCUT2D eigenvalue weighted by molar-refractivity contribution is 5.69. The molecule has 1 aromatic carbocycles. The quantitative estimate of drug-likeness (QED) is 0.286. The van der Waals surface area contributed by atoms with Gasteiger partial charge in [-0.25, -0.2) is 0 Å². The number of carboxylic acids is 1. The average molecular weight is 447 g/mol. The number of aromatic nitrogens is 1. The van der Waals surface area contributed by atoms with E-state index < -0.39 is 10.9 Å². The maximum atomic E-state index is 11.2. The van der Waals surface area contributed by atoms with Crippen molar-refractivity contribution < 1.29 is 24.7 Å². The number of likely N-dealkylation sites (N-methyl/N-ethyl adjacent to an activating group) is 1. The van der Waals surface area contributed by atoms with Crippen LogP contribution >= 0.6 is 0 Å². The number of hydrogen-bond acceptors (Lipinski definition) is 7. The van der Waals surface area contributed by atoms with Gasteiger partial charge in [0.25, 0.3) is 12.2 Å². The number of rotatable bonds is 12. The first-order chi connectivity index (χ1) is 15.3. The van der Waals surface area contributed by atoms with Gasteiger partial charge < -0.3 is 15.1 Å². The third-order valence-corrected chi connectivity index (χ3v) is 4.73. The van der Waals surface area contributed by atoms with Gasteiger partial charge >= 0.3 is 5.97 Å². The van der Waals surface area contributed by atoms with Crippen molar-refractivity contribution in [3.63, 3.8) is 0 Å². The van der Waals surface area contributed by atoms with E-state index in [1.54, 1.807) is 12.1 Å². The molecular formula is C22H30N4O6. The highest BCUT2D eigenvalue weighted by Crippen LogP contribution is 2.12. The molecule has 10 nitrogen and oxygen atoms in total. The third kappa shape index (κ3) is 10.6. The van der Waals surface area contributed by atoms with E-state index in [1.807, 2.05) is 30.0 Å². The van der Waals surface area contributed by atoms with E-state index in [2.05, 4.69) is 16.8 Å². The molecule has 0 fully saturated rings. The molecule has 174 valence electrons. The van der Waals surface area contributed by atoms with E-state index in [9.17, 15) is 20.0 Å². The van der Waals surface area contributed by atoms with Crippen molar-refractivity contribution in [2.24, 2.45) is 0 Å². The molecule has 0 aliphatic carbocycles. The topological polar surface area (TPSA) is 137 Å². The molecule has 0 aliphatic heterocycles. The molecule has 2 rings (SSSR count). The fraction of sp³-hybridized carbons (Fsp3) is 0.409. The smallest absolute Gasteiger partial charge is 0.317 e. The minimum absolute atomic E-state index is 0.0322. The molecule has 1 aromatic heterocycles. The van der Waals surface area contributed by atoms with Gasteiger partial charge in [-0.3, -0.25) is 29.6 Å². The molecule has 32 heavy (non-hydrogen) atoms. The number of carbonyl (C=O) groups is 2. The summed E-state index contributed by atoms with van der Waals surface area (Å²) in [4.78, 5) is 38.6. The highest BCUT2D eigenvalue weighted by Gasteiger charge is 2.13. The molecule has 0 saturated heterocycles. The number of benzene rings is 1. The Bertz CT molecular complexity index is 860. The summed E-state index contributed by atoms with van der Waals surface area (Å²) in [5.41, 5.74) is 2.91. The summed E-state index contributed by atoms with van der Waals surface area (Å²) in [5.74, 6) is -0.855. The lowest BCUT2D eigenvalue weighted by atomic mass is 10.1. The summed E-state index contributed by atoms with van der Waals surface area (Å²) in [6, 6.07) is 12.4. The molecule has 2 aromatic rings. The Hall–Kier alpha value is -3.37. The number of non-ortho nitro benzene ring substituents is 1. The monoisotopic (exact) mass is 446 g/mol. The summed E-state index contributed by atoms with van der Waals surface area (Å²) in [5, 5.41) is 26.9. The van der Waals surface area contributed by atoms with Crippen LogP contribution in [0, 0.1) is 17.0 Å². The van der Waals surface area contributed by atoms with E-state index in [4.69, 9.17) is 9.90 Å². The fourth-order valence-corrected chi connectivity index (χ4v) is 3.10. The third-order valence-electron chi connectivity index (χ3n) is 4.73. The lowest BCUT2D eigenvalue weighted by Gasteiger charge is -2.26. The van der Waals surface area contributed by atoms with E-state index in [0.717, 1.165) is 43.0 Å². The van der Waals surface area contributed by atoms with Crippen molar-refractivity contribution >= 4 is 18.1 Å². The molecule has 2 N–H and O–H groups in total. The van der Waals surface area contributed by atoms with Crippen LogP contribution in [0.5, 0.6) is 0 Å². The maximum Gasteiger partial charge on any atom is 0.317 e. The number of nitro groups is 1. The van der Waals surface area contributed by atoms with Gasteiger partial charge in [0.05, 0.1) is 17.2 Å². The van der Waals surface area contributed by atoms with Gasteiger partial charge in [0.1, 0.15) is 0 Å². The Morgan fingerprint density at radius 2 is 1.75 bits per heavy atom. The van der Waals surface area contributed by atoms with Crippen LogP contribution in [0.3, 0.4) is 0 Å². The Balaban J connectivity index is 0.00000161. The van der Waals surface area contributed by atoms with Gasteiger partial charge in [0, 0.05) is 44.0 Å². The molecule has 0 atom stereocenters. The Morgan fingerprint density at radius 3 is 2.28 bits per heavy atom. The van der Waals surface area contributed by atoms with Crippen LogP contribution in [-0.4, -0.2) is 75.1 Å². The number of pyridine rings is 1. The Morgan fingerprint density at radius 1 is 1.12 bits per heavy atom. The van der Waals surface area contributed by atoms with Crippen LogP contribution in [0.15, 0.2) is 42.5 Å². The summed E-state index contributed by atoms with van der Waals surface area (Å²) in [6.07, 6.45) is 0.782. The minimum Gasteiger partial charge on any atom is -0.483 e. The van der Waals surface area contributed by atoms with Gasteiger partial charge in [-0.1, -0.05) is 25.1 Å². The zero-order chi connectivity index (χ0) is 23.9. The molecule has 0 saturated carbocycles. The SMILES string of the molecule is CCN(CCc1ccc([N+](=O)[O-])cc1)CCN(CC(=O)O)Cc1cccc(C)n1.O=CO. The summed E-state index contributed by atoms with van der Waals surface area (Å²) < 4.78 is 0. The Labute approximate surface area is 187 Å². The lowest BCUT2D eigenvalue weighted by molar-refractivity contribution is -0.384. The van der Waals surface area contributed by atoms with Crippen molar-refractivity contribution in [2.45, 2.75) is 26.8 Å². The molecule has 0 unspecified atom stereocenters. The highest BCUT2D eigenvalue weighted by atomic mass is 16.6. The van der Waals surface area contributed by atoms with Gasteiger partial charge in [0.15, 0.2) is 0 Å². The van der Waals surface area contributed by atoms with Gasteiger partial charge in [0.2, 0.25) is 0 Å². The number of aliphatic carboxylic acids is 1. The van der Waals surface area contributed by atoms with Crippen molar-refractivity contribution in [3.05, 3.63) is 69.5 Å². The second-order valence-electron chi connectivity index (χ2n) is 7.09. The van der Waals surface area contributed by atoms with Gasteiger partial charge in [-0.15, -0.1) is 0 Å². The molecule has 1 heterocycles. The van der Waals surface area contributed by atoms with E-state index in [0.29, 0.717) is 13.1 Å². The van der Waals surface area contributed by atoms with Crippen molar-refractivity contribution in [1.29, 1.82) is 0 Å². The molecule has 0 amide bonds. The maximum absolute atomic E-state index is 11.2. The standard InChI is InChI=1S/C21H28N4O4.CH2O2/c1-3-23(12-11-18-7-9-20(10-8-18)25(28)29)13-14-24(16-21(26)27)15-19-6-4-5-17(2)22-19;2-1-3/h4-10H,3,11-16H2,1-2H3,(H,26,27);1H,(H,2,3). The normalized spacial score (nSPS) is 10.5. The first-order valence-corrected chi connectivity index (χ1v) is 10.2. The van der Waals surface area contributed by atoms with Crippen LogP contribution in [0.25, 0.3) is 0 Å². The summed E-state index contributed by atoms with van der Waals surface area (Å²) >= 11 is 0. The van der Waals surface area contributed by atoms with Crippen LogP contribution in [0.4, 0.5) is 5.69 Å². The Kier molecular flexibility index (Phi) is 12.2. The van der Waals surface area contributed by atoms with E-state index >= 15 is 0 Å². The largest absolute Gasteiger partial charge is 0.483 e. The van der Waals surface area contributed by atoms with E-state index in [-0.39, 0.29) is 18.7 Å². The van der Waals surface area contributed by atoms with Crippen LogP contribution in [0.1, 0.15) is 23.9 Å². The number of carboxylic acid groups (broad SMARTS) is 2. The number of nitrogens with zero attached hydrogens (tertiary/aromatic N) is 4. The van der Waals surface area contributed by atoms with Crippen LogP contribution < -0.4 is 0 Å². The van der Waals surface area contributed by atoms with Crippen molar-refractivity contribution in [2.75, 3.05) is 32.7 Å². The molecule has 0 spiro atoms. The molecule has 0 bridgehead atoms. The number of nitro benzene ring substituents is 1. The van der Waals surface area contributed by atoms with Crippen molar-refractivity contribution in [3.8, 4) is 0 Å². The van der Waals surface area contributed by atoms with Gasteiger partial charge in [-0.2, -0.15) is 0 Å². The zero-order valence-electron chi connectivity index (χ0n) is 18.4. The van der Waals surface area contributed by atoms with E-state index in [1.165, 1.54) is 12.1 Å². The predicted octanol–water partition coefficient (Wildman–Crippen LogP) is 2.45. The van der Waals surface area contributed by atoms with Gasteiger partial charge in [-0.05, 0) is 37.6 Å². The van der Waals surface area contributed by atoms with Crippen LogP contribution in [-0.2, 0) is 22.6 Å². The summed E-state index contributed by atoms with van der Waals surface area (Å²) in [6.45, 7) is 7.21. The molecule has 0 aliphatic rings. The minimum atomic E-state index is -0.855. The second kappa shape index (κ2) is 14.6. The van der Waals surface area contributed by atoms with Crippen LogP contribution in [0.2, 0.25) is 0 Å². The summed E-state index contributed by atoms with van der Waals surface area (Å²) in [7, 11) is 0. The first-order valence-electron chi connectivity index (χ1n) is 10.2. The predicted molar refractivity (Wildman–Crippen MR) is 119 cm³/mol. The molecular weight excluding hydrogens is 416 g/mol. The second-order valence-corrected chi connectivity index (χ2v) is 7.09. The first kappa shape index (κ1) is 26.7. The van der Waals surface area contributed by atoms with Crippen molar-refractivity contribution in [1.82, 2.24) is 14.8 Å².